The molecule has 0 atom stereocenters. The summed E-state index contributed by atoms with van der Waals surface area (Å²) in [4.78, 5) is 31.1. The van der Waals surface area contributed by atoms with E-state index in [1.165, 1.54) is 22.7 Å². The molecule has 1 fully saturated rings. The van der Waals surface area contributed by atoms with E-state index in [0.717, 1.165) is 0 Å². The Balaban J connectivity index is 1.46. The molecule has 0 unspecified atom stereocenters. The maximum Gasteiger partial charge on any atom is 0.338 e. The molecule has 3 aromatic rings. The first-order chi connectivity index (χ1) is 17.4. The summed E-state index contributed by atoms with van der Waals surface area (Å²) in [7, 11) is 1.65. The van der Waals surface area contributed by atoms with Gasteiger partial charge in [0, 0.05) is 12.6 Å². The number of benzene rings is 3. The summed E-state index contributed by atoms with van der Waals surface area (Å²) in [6.07, 6.45) is 1.72. The van der Waals surface area contributed by atoms with E-state index in [1.54, 1.807) is 80.7 Å². The molecule has 0 spiro atoms. The molecule has 0 aliphatic carbocycles. The van der Waals surface area contributed by atoms with Gasteiger partial charge < -0.3 is 9.47 Å². The Kier molecular flexibility index (Phi) is 8.07. The Labute approximate surface area is 217 Å². The molecule has 4 rings (SSSR count). The number of ether oxygens (including phenoxy) is 2. The third-order valence-corrected chi connectivity index (χ3v) is 6.56. The van der Waals surface area contributed by atoms with Gasteiger partial charge in [0.05, 0.1) is 27.8 Å². The largest absolute Gasteiger partial charge is 0.487 e. The average molecular weight is 525 g/mol. The van der Waals surface area contributed by atoms with Crippen LogP contribution in [-0.2, 0) is 16.1 Å². The number of amides is 1. The highest BCUT2D eigenvalue weighted by molar-refractivity contribution is 8.18. The zero-order valence-electron chi connectivity index (χ0n) is 19.5. The minimum atomic E-state index is -0.397. The van der Waals surface area contributed by atoms with E-state index in [4.69, 9.17) is 21.1 Å². The quantitative estimate of drug-likeness (QED) is 0.262. The van der Waals surface area contributed by atoms with Gasteiger partial charge in [-0.3, -0.25) is 9.69 Å². The summed E-state index contributed by atoms with van der Waals surface area (Å²) < 4.78 is 24.5. The molecule has 1 amide bonds. The summed E-state index contributed by atoms with van der Waals surface area (Å²) in [5, 5.41) is 0.853. The first-order valence-corrected chi connectivity index (χ1v) is 12.2. The van der Waals surface area contributed by atoms with Crippen molar-refractivity contribution in [2.75, 3.05) is 13.7 Å². The van der Waals surface area contributed by atoms with Crippen molar-refractivity contribution in [3.05, 3.63) is 99.2 Å². The number of esters is 1. The van der Waals surface area contributed by atoms with Crippen molar-refractivity contribution in [2.45, 2.75) is 13.5 Å². The number of thioether (sulfide) groups is 1. The van der Waals surface area contributed by atoms with Crippen molar-refractivity contribution in [2.24, 2.45) is 4.99 Å². The molecule has 184 valence electrons. The molecule has 0 radical (unpaired) electrons. The minimum absolute atomic E-state index is 0.0482. The van der Waals surface area contributed by atoms with Crippen LogP contribution in [0.25, 0.3) is 6.08 Å². The molecule has 0 bridgehead atoms. The molecule has 36 heavy (non-hydrogen) atoms. The van der Waals surface area contributed by atoms with Crippen LogP contribution in [0.3, 0.4) is 0 Å². The number of carbonyl (C=O) groups is 2. The number of nitrogens with zero attached hydrogens (tertiary/aromatic N) is 2. The third-order valence-electron chi connectivity index (χ3n) is 5.20. The highest BCUT2D eigenvalue weighted by atomic mass is 35.5. The smallest absolute Gasteiger partial charge is 0.338 e. The minimum Gasteiger partial charge on any atom is -0.487 e. The van der Waals surface area contributed by atoms with Crippen molar-refractivity contribution >= 4 is 52.2 Å². The van der Waals surface area contributed by atoms with Gasteiger partial charge in [0.1, 0.15) is 18.2 Å². The van der Waals surface area contributed by atoms with Crippen LogP contribution in [0.1, 0.15) is 28.4 Å². The van der Waals surface area contributed by atoms with Crippen LogP contribution in [0.4, 0.5) is 10.1 Å². The molecule has 1 saturated heterocycles. The average Bonchev–Trinajstić information content (AvgIpc) is 3.12. The van der Waals surface area contributed by atoms with Crippen LogP contribution in [0.15, 0.2) is 76.6 Å². The summed E-state index contributed by atoms with van der Waals surface area (Å²) in [6.45, 7) is 2.10. The van der Waals surface area contributed by atoms with Gasteiger partial charge in [-0.1, -0.05) is 35.9 Å². The molecule has 0 N–H and O–H groups in total. The van der Waals surface area contributed by atoms with Gasteiger partial charge in [-0.15, -0.1) is 0 Å². The molecule has 1 aliphatic rings. The van der Waals surface area contributed by atoms with Crippen LogP contribution in [-0.4, -0.2) is 35.6 Å². The fourth-order valence-corrected chi connectivity index (χ4v) is 4.53. The number of likely N-dealkylation sites (N-methyl/N-ethyl adjacent to an activating group) is 1. The first-order valence-electron chi connectivity index (χ1n) is 11.0. The SMILES string of the molecule is CCOC(=O)c1ccc(N=C2SC(=Cc3ccc(OCc4ccccc4F)c(Cl)c3)C(=O)N2C)cc1. The molecule has 6 nitrogen and oxygen atoms in total. The van der Waals surface area contributed by atoms with Gasteiger partial charge in [0.25, 0.3) is 5.91 Å². The van der Waals surface area contributed by atoms with Crippen molar-refractivity contribution in [3.8, 4) is 5.75 Å². The lowest BCUT2D eigenvalue weighted by atomic mass is 10.2. The number of carbonyl (C=O) groups excluding carboxylic acids is 2. The summed E-state index contributed by atoms with van der Waals surface area (Å²) in [5.41, 5.74) is 2.18. The van der Waals surface area contributed by atoms with E-state index in [1.807, 2.05) is 0 Å². The van der Waals surface area contributed by atoms with Gasteiger partial charge in [-0.05, 0) is 72.8 Å². The number of rotatable bonds is 7. The highest BCUT2D eigenvalue weighted by Gasteiger charge is 2.30. The number of amidine groups is 1. The molecule has 9 heteroatoms. The van der Waals surface area contributed by atoms with Crippen molar-refractivity contribution in [1.82, 2.24) is 4.90 Å². The molecular formula is C27H22ClFN2O4S. The van der Waals surface area contributed by atoms with Crippen molar-refractivity contribution in [1.29, 1.82) is 0 Å². The van der Waals surface area contributed by atoms with Crippen LogP contribution in [0.2, 0.25) is 5.02 Å². The van der Waals surface area contributed by atoms with Crippen LogP contribution in [0, 0.1) is 5.82 Å². The van der Waals surface area contributed by atoms with E-state index in [2.05, 4.69) is 4.99 Å². The Bertz CT molecular complexity index is 1360. The predicted molar refractivity (Wildman–Crippen MR) is 140 cm³/mol. The number of hydrogen-bond acceptors (Lipinski definition) is 6. The Morgan fingerprint density at radius 1 is 1.14 bits per heavy atom. The van der Waals surface area contributed by atoms with Crippen molar-refractivity contribution < 1.29 is 23.5 Å². The second-order valence-corrected chi connectivity index (χ2v) is 9.12. The Hall–Kier alpha value is -3.62. The standard InChI is InChI=1S/C27H22ClFN2O4S/c1-3-34-26(33)18-9-11-20(12-10-18)30-27-31(2)25(32)24(36-27)15-17-8-13-23(21(28)14-17)35-16-19-6-4-5-7-22(19)29/h4-15H,3,16H2,1-2H3. The summed E-state index contributed by atoms with van der Waals surface area (Å²) in [6, 6.07) is 18.2. The number of hydrogen-bond donors (Lipinski definition) is 0. The van der Waals surface area contributed by atoms with E-state index in [-0.39, 0.29) is 18.3 Å². The molecule has 1 aliphatic heterocycles. The Morgan fingerprint density at radius 2 is 1.89 bits per heavy atom. The van der Waals surface area contributed by atoms with Gasteiger partial charge >= 0.3 is 5.97 Å². The molecular weight excluding hydrogens is 503 g/mol. The zero-order chi connectivity index (χ0) is 25.7. The van der Waals surface area contributed by atoms with E-state index >= 15 is 0 Å². The maximum atomic E-state index is 13.8. The lowest BCUT2D eigenvalue weighted by molar-refractivity contribution is -0.121. The Morgan fingerprint density at radius 3 is 2.58 bits per heavy atom. The first kappa shape index (κ1) is 25.5. The summed E-state index contributed by atoms with van der Waals surface area (Å²) in [5.74, 6) is -0.522. The van der Waals surface area contributed by atoms with Crippen molar-refractivity contribution in [3.63, 3.8) is 0 Å². The van der Waals surface area contributed by atoms with Crippen LogP contribution < -0.4 is 4.74 Å². The topological polar surface area (TPSA) is 68.2 Å². The predicted octanol–water partition coefficient (Wildman–Crippen LogP) is 6.47. The lowest BCUT2D eigenvalue weighted by Crippen LogP contribution is -2.23. The second-order valence-electron chi connectivity index (χ2n) is 7.71. The van der Waals surface area contributed by atoms with Crippen LogP contribution in [0.5, 0.6) is 5.75 Å². The molecule has 1 heterocycles. The number of aliphatic imine (C=N–C) groups is 1. The normalized spacial score (nSPS) is 15.6. The fraction of sp³-hybridized carbons (Fsp3) is 0.148. The van der Waals surface area contributed by atoms with E-state index < -0.39 is 5.97 Å². The maximum absolute atomic E-state index is 13.8. The molecule has 0 saturated carbocycles. The fourth-order valence-electron chi connectivity index (χ4n) is 3.29. The van der Waals surface area contributed by atoms with Gasteiger partial charge in [-0.25, -0.2) is 14.2 Å². The van der Waals surface area contributed by atoms with E-state index in [0.29, 0.717) is 49.8 Å². The second kappa shape index (κ2) is 11.4. The van der Waals surface area contributed by atoms with E-state index in [9.17, 15) is 14.0 Å². The van der Waals surface area contributed by atoms with Crippen LogP contribution >= 0.6 is 23.4 Å². The molecule has 0 aromatic heterocycles. The van der Waals surface area contributed by atoms with Gasteiger partial charge in [0.2, 0.25) is 0 Å². The highest BCUT2D eigenvalue weighted by Crippen LogP contribution is 2.34. The lowest BCUT2D eigenvalue weighted by Gasteiger charge is -2.09. The number of halogens is 2. The monoisotopic (exact) mass is 524 g/mol. The zero-order valence-corrected chi connectivity index (χ0v) is 21.1. The molecule has 3 aromatic carbocycles. The third kappa shape index (κ3) is 5.95. The summed E-state index contributed by atoms with van der Waals surface area (Å²) >= 11 is 7.60. The van der Waals surface area contributed by atoms with Gasteiger partial charge in [-0.2, -0.15) is 0 Å². The van der Waals surface area contributed by atoms with Gasteiger partial charge in [0.15, 0.2) is 5.17 Å².